The van der Waals surface area contributed by atoms with E-state index in [1.807, 2.05) is 30.0 Å². The number of piperidine rings is 1. The molecule has 178 valence electrons. The zero-order chi connectivity index (χ0) is 24.3. The minimum atomic E-state index is -4.43. The average Bonchev–Trinajstić information content (AvgIpc) is 2.83. The van der Waals surface area contributed by atoms with Crippen molar-refractivity contribution >= 4 is 11.7 Å². The number of rotatable bonds is 5. The molecule has 1 aliphatic heterocycles. The molecule has 6 nitrogen and oxygen atoms in total. The molecule has 1 N–H and O–H groups in total. The van der Waals surface area contributed by atoms with E-state index < -0.39 is 11.7 Å². The molecule has 0 bridgehead atoms. The van der Waals surface area contributed by atoms with Gasteiger partial charge in [-0.2, -0.15) is 13.2 Å². The summed E-state index contributed by atoms with van der Waals surface area (Å²) in [7, 11) is 0. The van der Waals surface area contributed by atoms with Gasteiger partial charge in [-0.3, -0.25) is 14.8 Å². The molecule has 9 heteroatoms. The molecule has 0 saturated carbocycles. The number of benzene rings is 1. The van der Waals surface area contributed by atoms with E-state index in [1.165, 1.54) is 6.07 Å². The van der Waals surface area contributed by atoms with Gasteiger partial charge in [0.05, 0.1) is 23.5 Å². The van der Waals surface area contributed by atoms with E-state index in [9.17, 15) is 18.0 Å². The molecule has 1 aliphatic rings. The van der Waals surface area contributed by atoms with Gasteiger partial charge >= 0.3 is 6.18 Å². The number of likely N-dealkylation sites (tertiary alicyclic amines) is 1. The fourth-order valence-electron chi connectivity index (χ4n) is 4.34. The molecule has 2 atom stereocenters. The number of alkyl halides is 3. The van der Waals surface area contributed by atoms with Crippen LogP contribution < -0.4 is 5.32 Å². The minimum Gasteiger partial charge on any atom is -0.368 e. The average molecular weight is 470 g/mol. The minimum absolute atomic E-state index is 0.0944. The van der Waals surface area contributed by atoms with Gasteiger partial charge in [-0.25, -0.2) is 4.98 Å². The summed E-state index contributed by atoms with van der Waals surface area (Å²) < 4.78 is 38.5. The number of anilines is 1. The molecule has 4 rings (SSSR count). The highest BCUT2D eigenvalue weighted by Gasteiger charge is 2.34. The van der Waals surface area contributed by atoms with Crippen LogP contribution >= 0.6 is 0 Å². The zero-order valence-electron chi connectivity index (χ0n) is 19.0. The molecule has 1 fully saturated rings. The van der Waals surface area contributed by atoms with Crippen LogP contribution in [-0.4, -0.2) is 44.9 Å². The third kappa shape index (κ3) is 5.18. The second-order valence-electron chi connectivity index (χ2n) is 8.64. The topological polar surface area (TPSA) is 71.0 Å². The monoisotopic (exact) mass is 469 g/mol. The quantitative estimate of drug-likeness (QED) is 0.555. The summed E-state index contributed by atoms with van der Waals surface area (Å²) in [4.78, 5) is 28.0. The molecule has 0 aliphatic carbocycles. The molecule has 2 aromatic heterocycles. The Morgan fingerprint density at radius 1 is 1.15 bits per heavy atom. The van der Waals surface area contributed by atoms with Crippen molar-refractivity contribution in [1.82, 2.24) is 19.9 Å². The smallest absolute Gasteiger partial charge is 0.368 e. The van der Waals surface area contributed by atoms with Crippen LogP contribution in [0.5, 0.6) is 0 Å². The van der Waals surface area contributed by atoms with Gasteiger partial charge in [0.25, 0.3) is 5.91 Å². The zero-order valence-corrected chi connectivity index (χ0v) is 19.0. The summed E-state index contributed by atoms with van der Waals surface area (Å²) in [5.74, 6) is 0.460. The number of amides is 1. The van der Waals surface area contributed by atoms with Gasteiger partial charge in [-0.1, -0.05) is 24.6 Å². The van der Waals surface area contributed by atoms with Crippen molar-refractivity contribution in [3.8, 4) is 11.3 Å². The van der Waals surface area contributed by atoms with Crippen LogP contribution in [0.25, 0.3) is 11.3 Å². The molecule has 1 aromatic carbocycles. The number of aryl methyl sites for hydroxylation is 1. The summed E-state index contributed by atoms with van der Waals surface area (Å²) >= 11 is 0. The lowest BCUT2D eigenvalue weighted by Crippen LogP contribution is -2.51. The molecular weight excluding hydrogens is 443 g/mol. The summed E-state index contributed by atoms with van der Waals surface area (Å²) in [6.45, 7) is 5.01. The third-order valence-electron chi connectivity index (χ3n) is 6.20. The van der Waals surface area contributed by atoms with Crippen molar-refractivity contribution in [2.75, 3.05) is 18.4 Å². The molecule has 34 heavy (non-hydrogen) atoms. The van der Waals surface area contributed by atoms with E-state index in [0.717, 1.165) is 36.2 Å². The van der Waals surface area contributed by atoms with Crippen molar-refractivity contribution < 1.29 is 18.0 Å². The van der Waals surface area contributed by atoms with Gasteiger partial charge in [0.1, 0.15) is 5.82 Å². The van der Waals surface area contributed by atoms with Crippen molar-refractivity contribution in [2.24, 2.45) is 5.92 Å². The fraction of sp³-hybridized carbons (Fsp3) is 0.360. The van der Waals surface area contributed by atoms with Crippen LogP contribution in [0.3, 0.4) is 0 Å². The van der Waals surface area contributed by atoms with Crippen molar-refractivity contribution in [3.05, 3.63) is 71.8 Å². The van der Waals surface area contributed by atoms with Gasteiger partial charge < -0.3 is 10.2 Å². The second kappa shape index (κ2) is 9.79. The fourth-order valence-corrected chi connectivity index (χ4v) is 4.34. The number of carbonyl (C=O) groups is 1. The largest absolute Gasteiger partial charge is 0.417 e. The summed E-state index contributed by atoms with van der Waals surface area (Å²) in [5.41, 5.74) is 2.08. The molecule has 0 radical (unpaired) electrons. The molecular formula is C25H26F3N5O. The van der Waals surface area contributed by atoms with E-state index in [0.29, 0.717) is 30.2 Å². The number of aromatic nitrogens is 3. The van der Waals surface area contributed by atoms with Crippen LogP contribution in [0.4, 0.5) is 19.0 Å². The number of nitrogens with one attached hydrogen (secondary N) is 1. The van der Waals surface area contributed by atoms with E-state index in [1.54, 1.807) is 18.6 Å². The highest BCUT2D eigenvalue weighted by Crippen LogP contribution is 2.31. The predicted molar refractivity (Wildman–Crippen MR) is 123 cm³/mol. The number of nitrogens with zero attached hydrogens (tertiary/aromatic N) is 4. The summed E-state index contributed by atoms with van der Waals surface area (Å²) in [5, 5.41) is 3.12. The maximum atomic E-state index is 13.8. The van der Waals surface area contributed by atoms with Gasteiger partial charge in [0.2, 0.25) is 0 Å². The molecule has 3 aromatic rings. The standard InChI is InChI=1S/C25H26F3N5O/c1-16-5-7-19(21-14-29-9-10-30-21)20(12-16)24(34)33-11-3-4-17(2)22(33)15-32-23-8-6-18(13-31-23)25(26,27)28/h5-10,12-14,17,22H,3-4,11,15H2,1-2H3,(H,31,32). The van der Waals surface area contributed by atoms with Crippen molar-refractivity contribution in [2.45, 2.75) is 38.9 Å². The molecule has 0 spiro atoms. The maximum absolute atomic E-state index is 13.8. The Morgan fingerprint density at radius 3 is 2.65 bits per heavy atom. The van der Waals surface area contributed by atoms with Gasteiger partial charge in [-0.05, 0) is 43.9 Å². The molecule has 2 unspecified atom stereocenters. The highest BCUT2D eigenvalue weighted by molar-refractivity contribution is 6.01. The van der Waals surface area contributed by atoms with E-state index in [4.69, 9.17) is 0 Å². The lowest BCUT2D eigenvalue weighted by molar-refractivity contribution is -0.137. The SMILES string of the molecule is Cc1ccc(-c2cnccn2)c(C(=O)N2CCCC(C)C2CNc2ccc(C(F)(F)F)cn2)c1. The van der Waals surface area contributed by atoms with Crippen LogP contribution in [0.15, 0.2) is 55.1 Å². The van der Waals surface area contributed by atoms with Crippen LogP contribution in [-0.2, 0) is 6.18 Å². The molecule has 3 heterocycles. The number of halogens is 3. The first-order valence-electron chi connectivity index (χ1n) is 11.2. The van der Waals surface area contributed by atoms with Crippen LogP contribution in [0.2, 0.25) is 0 Å². The Morgan fingerprint density at radius 2 is 1.97 bits per heavy atom. The Balaban J connectivity index is 1.57. The summed E-state index contributed by atoms with van der Waals surface area (Å²) in [6, 6.07) is 7.88. The Hall–Kier alpha value is -3.49. The van der Waals surface area contributed by atoms with Gasteiger partial charge in [0.15, 0.2) is 0 Å². The highest BCUT2D eigenvalue weighted by atomic mass is 19.4. The molecule has 1 amide bonds. The maximum Gasteiger partial charge on any atom is 0.417 e. The molecule has 1 saturated heterocycles. The lowest BCUT2D eigenvalue weighted by Gasteiger charge is -2.40. The van der Waals surface area contributed by atoms with E-state index in [2.05, 4.69) is 27.2 Å². The Bertz CT molecular complexity index is 1140. The number of hydrogen-bond acceptors (Lipinski definition) is 5. The second-order valence-corrected chi connectivity index (χ2v) is 8.64. The van der Waals surface area contributed by atoms with E-state index in [-0.39, 0.29) is 17.9 Å². The van der Waals surface area contributed by atoms with Crippen molar-refractivity contribution in [1.29, 1.82) is 0 Å². The summed E-state index contributed by atoms with van der Waals surface area (Å²) in [6.07, 6.45) is 3.04. The van der Waals surface area contributed by atoms with E-state index >= 15 is 0 Å². The first-order chi connectivity index (χ1) is 16.2. The lowest BCUT2D eigenvalue weighted by atomic mass is 9.89. The number of carbonyl (C=O) groups excluding carboxylic acids is 1. The van der Waals surface area contributed by atoms with Gasteiger partial charge in [-0.15, -0.1) is 0 Å². The third-order valence-corrected chi connectivity index (χ3v) is 6.20. The Kier molecular flexibility index (Phi) is 6.81. The first kappa shape index (κ1) is 23.7. The number of hydrogen-bond donors (Lipinski definition) is 1. The normalized spacial score (nSPS) is 18.6. The van der Waals surface area contributed by atoms with Gasteiger partial charge in [0, 0.05) is 42.8 Å². The van der Waals surface area contributed by atoms with Crippen molar-refractivity contribution in [3.63, 3.8) is 0 Å². The van der Waals surface area contributed by atoms with Crippen LogP contribution in [0, 0.1) is 12.8 Å². The van der Waals surface area contributed by atoms with Crippen LogP contribution in [0.1, 0.15) is 41.3 Å². The number of pyridine rings is 1. The Labute approximate surface area is 196 Å². The first-order valence-corrected chi connectivity index (χ1v) is 11.2. The predicted octanol–water partition coefficient (Wildman–Crippen LogP) is 5.22.